The van der Waals surface area contributed by atoms with E-state index in [0.717, 1.165) is 25.5 Å². The number of amides is 1. The second kappa shape index (κ2) is 8.24. The van der Waals surface area contributed by atoms with Crippen LogP contribution in [0.5, 0.6) is 0 Å². The second-order valence-corrected chi connectivity index (χ2v) is 9.56. The van der Waals surface area contributed by atoms with Crippen molar-refractivity contribution in [2.75, 3.05) is 26.2 Å². The Morgan fingerprint density at radius 1 is 1.19 bits per heavy atom. The minimum Gasteiger partial charge on any atom is -0.342 e. The van der Waals surface area contributed by atoms with Gasteiger partial charge in [0.2, 0.25) is 15.9 Å². The lowest BCUT2D eigenvalue weighted by molar-refractivity contribution is -0.138. The van der Waals surface area contributed by atoms with Gasteiger partial charge in [-0.3, -0.25) is 4.79 Å². The highest BCUT2D eigenvalue weighted by molar-refractivity contribution is 7.89. The molecule has 1 aromatic rings. The zero-order chi connectivity index (χ0) is 19.6. The maximum Gasteiger partial charge on any atom is 0.245 e. The Bertz CT molecular complexity index is 776. The van der Waals surface area contributed by atoms with Crippen molar-refractivity contribution in [2.24, 2.45) is 17.6 Å². The maximum absolute atomic E-state index is 13.9. The van der Waals surface area contributed by atoms with Crippen molar-refractivity contribution in [3.63, 3.8) is 0 Å². The van der Waals surface area contributed by atoms with Crippen molar-refractivity contribution >= 4 is 15.9 Å². The van der Waals surface area contributed by atoms with E-state index in [0.29, 0.717) is 25.3 Å². The van der Waals surface area contributed by atoms with Crippen LogP contribution in [0.1, 0.15) is 32.6 Å². The van der Waals surface area contributed by atoms with Crippen molar-refractivity contribution in [2.45, 2.75) is 43.5 Å². The van der Waals surface area contributed by atoms with Crippen LogP contribution in [0.3, 0.4) is 0 Å². The smallest absolute Gasteiger partial charge is 0.245 e. The molecule has 2 aliphatic rings. The molecule has 8 heteroatoms. The number of sulfonamides is 1. The van der Waals surface area contributed by atoms with Crippen LogP contribution in [-0.2, 0) is 14.8 Å². The zero-order valence-corrected chi connectivity index (χ0v) is 16.5. The van der Waals surface area contributed by atoms with Gasteiger partial charge in [0.1, 0.15) is 10.7 Å². The predicted octanol–water partition coefficient (Wildman–Crippen LogP) is 1.81. The highest BCUT2D eigenvalue weighted by atomic mass is 32.2. The van der Waals surface area contributed by atoms with Crippen molar-refractivity contribution in [3.05, 3.63) is 30.1 Å². The second-order valence-electron chi connectivity index (χ2n) is 7.65. The molecule has 0 saturated carbocycles. The molecule has 2 unspecified atom stereocenters. The third kappa shape index (κ3) is 4.33. The van der Waals surface area contributed by atoms with Gasteiger partial charge in [-0.15, -0.1) is 0 Å². The van der Waals surface area contributed by atoms with Crippen LogP contribution in [-0.4, -0.2) is 55.8 Å². The summed E-state index contributed by atoms with van der Waals surface area (Å²) in [5.74, 6) is -0.498. The Morgan fingerprint density at radius 2 is 1.85 bits per heavy atom. The summed E-state index contributed by atoms with van der Waals surface area (Å²) in [5.41, 5.74) is 6.00. The number of hydrogen-bond acceptors (Lipinski definition) is 4. The highest BCUT2D eigenvalue weighted by Crippen LogP contribution is 2.28. The Balaban J connectivity index is 1.62. The number of halogens is 1. The monoisotopic (exact) mass is 397 g/mol. The van der Waals surface area contributed by atoms with E-state index in [9.17, 15) is 17.6 Å². The quantitative estimate of drug-likeness (QED) is 0.840. The Kier molecular flexibility index (Phi) is 6.18. The van der Waals surface area contributed by atoms with Crippen LogP contribution in [0.25, 0.3) is 0 Å². The van der Waals surface area contributed by atoms with Crippen molar-refractivity contribution in [1.82, 2.24) is 9.21 Å². The van der Waals surface area contributed by atoms with E-state index in [1.165, 1.54) is 22.5 Å². The van der Waals surface area contributed by atoms with Gasteiger partial charge in [0.25, 0.3) is 0 Å². The number of rotatable bonds is 4. The number of nitrogens with two attached hydrogens (primary N) is 1. The zero-order valence-electron chi connectivity index (χ0n) is 15.7. The fraction of sp³-hybridized carbons (Fsp3) is 0.632. The number of benzene rings is 1. The molecule has 27 heavy (non-hydrogen) atoms. The largest absolute Gasteiger partial charge is 0.342 e. The third-order valence-corrected chi connectivity index (χ3v) is 7.70. The molecule has 2 saturated heterocycles. The fourth-order valence-corrected chi connectivity index (χ4v) is 5.57. The average molecular weight is 398 g/mol. The lowest BCUT2D eigenvalue weighted by Gasteiger charge is -2.38. The van der Waals surface area contributed by atoms with E-state index in [1.807, 2.05) is 11.8 Å². The van der Waals surface area contributed by atoms with Crippen molar-refractivity contribution in [3.8, 4) is 0 Å². The number of hydrogen-bond donors (Lipinski definition) is 1. The molecule has 6 nitrogen and oxygen atoms in total. The molecular weight excluding hydrogens is 369 g/mol. The first-order chi connectivity index (χ1) is 12.8. The lowest BCUT2D eigenvalue weighted by atomic mass is 9.90. The fourth-order valence-electron chi connectivity index (χ4n) is 4.03. The van der Waals surface area contributed by atoms with E-state index in [-0.39, 0.29) is 35.9 Å². The summed E-state index contributed by atoms with van der Waals surface area (Å²) in [6.07, 6.45) is 2.93. The van der Waals surface area contributed by atoms with Crippen LogP contribution < -0.4 is 5.73 Å². The maximum atomic E-state index is 13.9. The molecule has 150 valence electrons. The van der Waals surface area contributed by atoms with Crippen LogP contribution >= 0.6 is 0 Å². The van der Waals surface area contributed by atoms with E-state index < -0.39 is 15.8 Å². The van der Waals surface area contributed by atoms with Crippen LogP contribution in [0.4, 0.5) is 4.39 Å². The molecule has 0 spiro atoms. The molecule has 0 aromatic heterocycles. The molecular formula is C19H28FN3O3S. The average Bonchev–Trinajstić information content (AvgIpc) is 2.68. The highest BCUT2D eigenvalue weighted by Gasteiger charge is 2.36. The van der Waals surface area contributed by atoms with Gasteiger partial charge < -0.3 is 10.6 Å². The molecule has 1 amide bonds. The van der Waals surface area contributed by atoms with Gasteiger partial charge in [-0.2, -0.15) is 4.31 Å². The van der Waals surface area contributed by atoms with Gasteiger partial charge in [0.15, 0.2) is 0 Å². The van der Waals surface area contributed by atoms with Gasteiger partial charge in [-0.25, -0.2) is 12.8 Å². The summed E-state index contributed by atoms with van der Waals surface area (Å²) in [6, 6.07) is 5.47. The minimum atomic E-state index is -3.87. The third-order valence-electron chi connectivity index (χ3n) is 5.77. The number of carbonyl (C=O) groups excluding carboxylic acids is 1. The first kappa shape index (κ1) is 20.2. The summed E-state index contributed by atoms with van der Waals surface area (Å²) in [6.45, 7) is 3.88. The number of nitrogens with zero attached hydrogens (tertiary/aromatic N) is 2. The van der Waals surface area contributed by atoms with Gasteiger partial charge >= 0.3 is 0 Å². The Hall–Kier alpha value is -1.51. The van der Waals surface area contributed by atoms with E-state index in [1.54, 1.807) is 0 Å². The molecule has 2 fully saturated rings. The van der Waals surface area contributed by atoms with E-state index >= 15 is 0 Å². The molecule has 0 bridgehead atoms. The van der Waals surface area contributed by atoms with E-state index in [4.69, 9.17) is 5.73 Å². The van der Waals surface area contributed by atoms with Gasteiger partial charge in [-0.1, -0.05) is 12.1 Å². The molecule has 2 heterocycles. The topological polar surface area (TPSA) is 83.7 Å². The SMILES string of the molecule is CC(N)C1CCCN(C(=O)C2CCN(S(=O)(=O)c3ccccc3F)CC2)C1. The molecule has 3 rings (SSSR count). The molecule has 2 N–H and O–H groups in total. The summed E-state index contributed by atoms with van der Waals surface area (Å²) >= 11 is 0. The van der Waals surface area contributed by atoms with Gasteiger partial charge in [0.05, 0.1) is 0 Å². The first-order valence-corrected chi connectivity index (χ1v) is 11.0. The van der Waals surface area contributed by atoms with Crippen LogP contribution in [0, 0.1) is 17.7 Å². The van der Waals surface area contributed by atoms with Gasteiger partial charge in [0, 0.05) is 38.1 Å². The normalized spacial score (nSPS) is 24.0. The molecule has 2 aliphatic heterocycles. The Morgan fingerprint density at radius 3 is 2.48 bits per heavy atom. The molecule has 1 aromatic carbocycles. The number of carbonyl (C=O) groups is 1. The summed E-state index contributed by atoms with van der Waals surface area (Å²) < 4.78 is 40.6. The van der Waals surface area contributed by atoms with Crippen LogP contribution in [0.2, 0.25) is 0 Å². The van der Waals surface area contributed by atoms with E-state index in [2.05, 4.69) is 0 Å². The lowest BCUT2D eigenvalue weighted by Crippen LogP contribution is -2.49. The summed E-state index contributed by atoms with van der Waals surface area (Å²) in [7, 11) is -3.87. The standard InChI is InChI=1S/C19H28FN3O3S/c1-14(21)16-5-4-10-22(13-16)19(24)15-8-11-23(12-9-15)27(25,26)18-7-3-2-6-17(18)20/h2-3,6-7,14-16H,4-5,8-13,21H2,1H3. The predicted molar refractivity (Wildman–Crippen MR) is 101 cm³/mol. The summed E-state index contributed by atoms with van der Waals surface area (Å²) in [5, 5.41) is 0. The molecule has 0 radical (unpaired) electrons. The van der Waals surface area contributed by atoms with Crippen molar-refractivity contribution < 1.29 is 17.6 Å². The number of likely N-dealkylation sites (tertiary alicyclic amines) is 1. The minimum absolute atomic E-state index is 0.0633. The molecule has 2 atom stereocenters. The van der Waals surface area contributed by atoms with Gasteiger partial charge in [-0.05, 0) is 50.7 Å². The van der Waals surface area contributed by atoms with Crippen LogP contribution in [0.15, 0.2) is 29.2 Å². The van der Waals surface area contributed by atoms with Crippen molar-refractivity contribution in [1.29, 1.82) is 0 Å². The Labute approximate surface area is 160 Å². The number of piperidine rings is 2. The summed E-state index contributed by atoms with van der Waals surface area (Å²) in [4.78, 5) is 14.5. The molecule has 0 aliphatic carbocycles. The first-order valence-electron chi connectivity index (χ1n) is 9.59.